The molecular weight excluding hydrogens is 408 g/mol. The summed E-state index contributed by atoms with van der Waals surface area (Å²) in [6, 6.07) is 13.7. The van der Waals surface area contributed by atoms with Gasteiger partial charge in [0.1, 0.15) is 11.6 Å². The zero-order valence-corrected chi connectivity index (χ0v) is 17.5. The highest BCUT2D eigenvalue weighted by Crippen LogP contribution is 2.21. The zero-order chi connectivity index (χ0) is 22.2. The van der Waals surface area contributed by atoms with Crippen molar-refractivity contribution >= 4 is 0 Å². The molecule has 5 nitrogen and oxygen atoms in total. The normalized spacial score (nSPS) is 10.9. The van der Waals surface area contributed by atoms with Gasteiger partial charge in [0.05, 0.1) is 11.1 Å². The van der Waals surface area contributed by atoms with Crippen LogP contribution in [-0.4, -0.2) is 26.5 Å². The smallest absolute Gasteiger partial charge is 0.162 e. The van der Waals surface area contributed by atoms with Crippen LogP contribution in [0.25, 0.3) is 22.8 Å². The molecule has 7 heteroatoms. The van der Waals surface area contributed by atoms with E-state index in [4.69, 9.17) is 0 Å². The number of hydrogen-bond acceptors (Lipinski definition) is 5. The molecular formula is C25H23F2N5. The van der Waals surface area contributed by atoms with Gasteiger partial charge in [0, 0.05) is 31.3 Å². The van der Waals surface area contributed by atoms with Crippen molar-refractivity contribution in [3.05, 3.63) is 96.1 Å². The maximum absolute atomic E-state index is 14.4. The van der Waals surface area contributed by atoms with Crippen molar-refractivity contribution in [3.63, 3.8) is 0 Å². The van der Waals surface area contributed by atoms with Crippen molar-refractivity contribution in [1.29, 1.82) is 0 Å². The molecule has 0 unspecified atom stereocenters. The van der Waals surface area contributed by atoms with Gasteiger partial charge in [-0.05, 0) is 73.3 Å². The van der Waals surface area contributed by atoms with Gasteiger partial charge < -0.3 is 5.32 Å². The Hall–Kier alpha value is -3.58. The molecule has 0 saturated carbocycles. The van der Waals surface area contributed by atoms with Crippen LogP contribution in [0.1, 0.15) is 24.0 Å². The molecule has 0 amide bonds. The molecule has 2 heterocycles. The molecule has 0 bridgehead atoms. The fourth-order valence-corrected chi connectivity index (χ4v) is 3.43. The molecule has 0 fully saturated rings. The molecule has 4 rings (SSSR count). The molecule has 0 aliphatic heterocycles. The largest absolute Gasteiger partial charge is 0.313 e. The van der Waals surface area contributed by atoms with Gasteiger partial charge in [0.25, 0.3) is 0 Å². The van der Waals surface area contributed by atoms with Gasteiger partial charge >= 0.3 is 0 Å². The summed E-state index contributed by atoms with van der Waals surface area (Å²) in [4.78, 5) is 16.4. The monoisotopic (exact) mass is 431 g/mol. The van der Waals surface area contributed by atoms with Crippen LogP contribution >= 0.6 is 0 Å². The lowest BCUT2D eigenvalue weighted by Crippen LogP contribution is -2.15. The molecule has 0 atom stereocenters. The van der Waals surface area contributed by atoms with E-state index >= 15 is 0 Å². The molecule has 2 aromatic heterocycles. The molecule has 1 N–H and O–H groups in total. The minimum absolute atomic E-state index is 0.307. The van der Waals surface area contributed by atoms with Crippen LogP contribution in [0.5, 0.6) is 0 Å². The van der Waals surface area contributed by atoms with E-state index in [1.54, 1.807) is 55.1 Å². The van der Waals surface area contributed by atoms with Gasteiger partial charge in [-0.1, -0.05) is 12.1 Å². The average Bonchev–Trinajstić information content (AvgIpc) is 2.82. The number of hydrogen-bond donors (Lipinski definition) is 1. The van der Waals surface area contributed by atoms with E-state index in [0.717, 1.165) is 36.9 Å². The Labute approximate surface area is 185 Å². The molecule has 0 aliphatic rings. The summed E-state index contributed by atoms with van der Waals surface area (Å²) >= 11 is 0. The van der Waals surface area contributed by atoms with Gasteiger partial charge in [-0.3, -0.25) is 0 Å². The molecule has 162 valence electrons. The first kappa shape index (κ1) is 21.6. The lowest BCUT2D eigenvalue weighted by atomic mass is 10.0. The van der Waals surface area contributed by atoms with Gasteiger partial charge in [0.15, 0.2) is 11.6 Å². The van der Waals surface area contributed by atoms with E-state index in [1.165, 1.54) is 6.07 Å². The fraction of sp³-hybridized carbons (Fsp3) is 0.200. The Kier molecular flexibility index (Phi) is 7.19. The molecule has 0 aliphatic carbocycles. The second-order valence-electron chi connectivity index (χ2n) is 7.41. The second-order valence-corrected chi connectivity index (χ2v) is 7.41. The molecule has 0 spiro atoms. The van der Waals surface area contributed by atoms with E-state index in [2.05, 4.69) is 25.3 Å². The van der Waals surface area contributed by atoms with Gasteiger partial charge in [0.2, 0.25) is 0 Å². The summed E-state index contributed by atoms with van der Waals surface area (Å²) in [6.07, 6.45) is 9.03. The lowest BCUT2D eigenvalue weighted by molar-refractivity contribution is 0.605. The number of halogens is 2. The first-order valence-corrected chi connectivity index (χ1v) is 10.5. The predicted molar refractivity (Wildman–Crippen MR) is 119 cm³/mol. The van der Waals surface area contributed by atoms with Crippen molar-refractivity contribution in [2.75, 3.05) is 6.54 Å². The van der Waals surface area contributed by atoms with Crippen LogP contribution < -0.4 is 5.32 Å². The van der Waals surface area contributed by atoms with Crippen LogP contribution in [0, 0.1) is 11.6 Å². The highest BCUT2D eigenvalue weighted by atomic mass is 19.1. The Morgan fingerprint density at radius 3 is 1.75 bits per heavy atom. The lowest BCUT2D eigenvalue weighted by Gasteiger charge is -2.08. The Morgan fingerprint density at radius 1 is 0.656 bits per heavy atom. The van der Waals surface area contributed by atoms with Crippen molar-refractivity contribution in [1.82, 2.24) is 25.3 Å². The number of nitrogens with zero attached hydrogens (tertiary/aromatic N) is 4. The van der Waals surface area contributed by atoms with Crippen molar-refractivity contribution in [3.8, 4) is 22.8 Å². The Morgan fingerprint density at radius 2 is 1.19 bits per heavy atom. The van der Waals surface area contributed by atoms with Crippen molar-refractivity contribution in [2.45, 2.75) is 25.8 Å². The topological polar surface area (TPSA) is 63.6 Å². The number of aryl methyl sites for hydroxylation is 1. The summed E-state index contributed by atoms with van der Waals surface area (Å²) < 4.78 is 28.8. The van der Waals surface area contributed by atoms with Gasteiger partial charge in [-0.2, -0.15) is 0 Å². The fourth-order valence-electron chi connectivity index (χ4n) is 3.43. The van der Waals surface area contributed by atoms with Crippen LogP contribution in [0.15, 0.2) is 73.3 Å². The molecule has 4 aromatic rings. The maximum Gasteiger partial charge on any atom is 0.162 e. The molecule has 32 heavy (non-hydrogen) atoms. The van der Waals surface area contributed by atoms with Crippen molar-refractivity contribution in [2.24, 2.45) is 0 Å². The summed E-state index contributed by atoms with van der Waals surface area (Å²) in [6.45, 7) is 1.37. The summed E-state index contributed by atoms with van der Waals surface area (Å²) in [7, 11) is 0. The first-order valence-electron chi connectivity index (χ1n) is 10.5. The second kappa shape index (κ2) is 10.6. The minimum atomic E-state index is -0.332. The van der Waals surface area contributed by atoms with E-state index in [1.807, 2.05) is 12.1 Å². The average molecular weight is 431 g/mol. The Balaban J connectivity index is 1.21. The summed E-state index contributed by atoms with van der Waals surface area (Å²) in [5, 5.41) is 3.33. The van der Waals surface area contributed by atoms with E-state index in [-0.39, 0.29) is 11.6 Å². The van der Waals surface area contributed by atoms with Crippen LogP contribution in [-0.2, 0) is 13.0 Å². The minimum Gasteiger partial charge on any atom is -0.313 e. The SMILES string of the molecule is Fc1cc(CCCCNCc2ccc(-c3ncccn3)c(F)c2)ccc1-c1ncccn1. The van der Waals surface area contributed by atoms with Crippen LogP contribution in [0.2, 0.25) is 0 Å². The third-order valence-corrected chi connectivity index (χ3v) is 5.08. The quantitative estimate of drug-likeness (QED) is 0.378. The number of aromatic nitrogens is 4. The van der Waals surface area contributed by atoms with E-state index in [0.29, 0.717) is 29.3 Å². The van der Waals surface area contributed by atoms with Crippen molar-refractivity contribution < 1.29 is 8.78 Å². The van der Waals surface area contributed by atoms with Gasteiger partial charge in [-0.15, -0.1) is 0 Å². The highest BCUT2D eigenvalue weighted by molar-refractivity contribution is 5.56. The number of nitrogens with one attached hydrogen (secondary N) is 1. The molecule has 2 aromatic carbocycles. The van der Waals surface area contributed by atoms with Crippen LogP contribution in [0.4, 0.5) is 8.78 Å². The molecule has 0 saturated heterocycles. The summed E-state index contributed by atoms with van der Waals surface area (Å²) in [5.74, 6) is 0.131. The molecule has 0 radical (unpaired) electrons. The van der Waals surface area contributed by atoms with E-state index < -0.39 is 0 Å². The summed E-state index contributed by atoms with van der Waals surface area (Å²) in [5.41, 5.74) is 2.62. The first-order chi connectivity index (χ1) is 15.7. The third kappa shape index (κ3) is 5.56. The van der Waals surface area contributed by atoms with Crippen LogP contribution in [0.3, 0.4) is 0 Å². The standard InChI is InChI=1S/C25H23F2N5/c26-22-15-18(6-8-20(22)24-29-11-3-12-30-24)5-1-2-10-28-17-19-7-9-21(23(27)16-19)25-31-13-4-14-32-25/h3-4,6-9,11-16,28H,1-2,5,10,17H2. The van der Waals surface area contributed by atoms with Gasteiger partial charge in [-0.25, -0.2) is 28.7 Å². The third-order valence-electron chi connectivity index (χ3n) is 5.08. The zero-order valence-electron chi connectivity index (χ0n) is 17.5. The van der Waals surface area contributed by atoms with E-state index in [9.17, 15) is 8.78 Å². The number of unbranched alkanes of at least 4 members (excludes halogenated alkanes) is 1. The number of rotatable bonds is 9. The number of benzene rings is 2. The predicted octanol–water partition coefficient (Wildman–Crippen LogP) is 4.99. The highest BCUT2D eigenvalue weighted by Gasteiger charge is 2.09. The Bertz CT molecular complexity index is 1060. The maximum atomic E-state index is 14.4.